The van der Waals surface area contributed by atoms with E-state index in [9.17, 15) is 0 Å². The van der Waals surface area contributed by atoms with Gasteiger partial charge >= 0.3 is 0 Å². The largest absolute Gasteiger partial charge is 0.353 e. The van der Waals surface area contributed by atoms with Gasteiger partial charge in [-0.1, -0.05) is 13.8 Å². The topological polar surface area (TPSA) is 44.3 Å². The lowest BCUT2D eigenvalue weighted by atomic mass is 10.3. The van der Waals surface area contributed by atoms with Crippen LogP contribution in [0.4, 0.5) is 5.82 Å². The van der Waals surface area contributed by atoms with Crippen molar-refractivity contribution < 1.29 is 0 Å². The molecule has 2 heterocycles. The van der Waals surface area contributed by atoms with Crippen LogP contribution in [0.15, 0.2) is 12.1 Å². The Bertz CT molecular complexity index is 357. The third-order valence-electron chi connectivity index (χ3n) is 3.58. The van der Waals surface area contributed by atoms with Gasteiger partial charge in [0.25, 0.3) is 0 Å². The van der Waals surface area contributed by atoms with E-state index in [4.69, 9.17) is 0 Å². The first-order chi connectivity index (χ1) is 9.33. The Morgan fingerprint density at radius 3 is 2.47 bits per heavy atom. The molecule has 1 fully saturated rings. The number of hydrogen-bond donors (Lipinski definition) is 1. The fraction of sp³-hybridized carbons (Fsp3) is 0.714. The first-order valence-electron chi connectivity index (χ1n) is 7.34. The SMILES string of the molecule is CCCNCc1ccc(N2CCN(CC)CC2)nn1. The second kappa shape index (κ2) is 7.40. The molecule has 0 spiro atoms. The van der Waals surface area contributed by atoms with Crippen molar-refractivity contribution in [2.45, 2.75) is 26.8 Å². The van der Waals surface area contributed by atoms with Crippen LogP contribution in [0, 0.1) is 0 Å². The van der Waals surface area contributed by atoms with Crippen molar-refractivity contribution >= 4 is 5.82 Å². The fourth-order valence-corrected chi connectivity index (χ4v) is 2.30. The average molecular weight is 263 g/mol. The molecule has 0 aromatic carbocycles. The molecule has 0 bridgehead atoms. The minimum Gasteiger partial charge on any atom is -0.353 e. The summed E-state index contributed by atoms with van der Waals surface area (Å²) in [4.78, 5) is 4.79. The molecule has 0 radical (unpaired) electrons. The van der Waals surface area contributed by atoms with Gasteiger partial charge in [-0.05, 0) is 31.6 Å². The summed E-state index contributed by atoms with van der Waals surface area (Å²) in [5.41, 5.74) is 1.02. The van der Waals surface area contributed by atoms with Gasteiger partial charge in [0.15, 0.2) is 5.82 Å². The van der Waals surface area contributed by atoms with Crippen LogP contribution in [0.5, 0.6) is 0 Å². The first-order valence-corrected chi connectivity index (χ1v) is 7.34. The molecular formula is C14H25N5. The zero-order valence-corrected chi connectivity index (χ0v) is 12.1. The third-order valence-corrected chi connectivity index (χ3v) is 3.58. The van der Waals surface area contributed by atoms with E-state index in [-0.39, 0.29) is 0 Å². The highest BCUT2D eigenvalue weighted by atomic mass is 15.3. The van der Waals surface area contributed by atoms with Gasteiger partial charge in [-0.15, -0.1) is 5.10 Å². The summed E-state index contributed by atoms with van der Waals surface area (Å²) in [7, 11) is 0. The van der Waals surface area contributed by atoms with Crippen LogP contribution < -0.4 is 10.2 Å². The lowest BCUT2D eigenvalue weighted by Gasteiger charge is -2.34. The molecule has 0 amide bonds. The number of piperazine rings is 1. The second-order valence-corrected chi connectivity index (χ2v) is 4.98. The zero-order chi connectivity index (χ0) is 13.5. The maximum absolute atomic E-state index is 4.35. The van der Waals surface area contributed by atoms with Crippen molar-refractivity contribution in [3.63, 3.8) is 0 Å². The molecule has 5 heteroatoms. The van der Waals surface area contributed by atoms with Crippen molar-refractivity contribution in [2.75, 3.05) is 44.2 Å². The highest BCUT2D eigenvalue weighted by Crippen LogP contribution is 2.12. The Labute approximate surface area is 116 Å². The minimum absolute atomic E-state index is 0.810. The van der Waals surface area contributed by atoms with Gasteiger partial charge in [0.1, 0.15) is 0 Å². The number of nitrogens with one attached hydrogen (secondary N) is 1. The van der Waals surface area contributed by atoms with Crippen molar-refractivity contribution in [1.82, 2.24) is 20.4 Å². The summed E-state index contributed by atoms with van der Waals surface area (Å²) in [6.45, 7) is 11.7. The Morgan fingerprint density at radius 1 is 1.11 bits per heavy atom. The van der Waals surface area contributed by atoms with Crippen molar-refractivity contribution in [3.8, 4) is 0 Å². The molecule has 19 heavy (non-hydrogen) atoms. The summed E-state index contributed by atoms with van der Waals surface area (Å²) in [6.07, 6.45) is 1.15. The number of nitrogens with zero attached hydrogens (tertiary/aromatic N) is 4. The van der Waals surface area contributed by atoms with Crippen molar-refractivity contribution in [2.24, 2.45) is 0 Å². The molecule has 0 aliphatic carbocycles. The summed E-state index contributed by atoms with van der Waals surface area (Å²) < 4.78 is 0. The van der Waals surface area contributed by atoms with Crippen molar-refractivity contribution in [3.05, 3.63) is 17.8 Å². The van der Waals surface area contributed by atoms with Gasteiger partial charge in [0, 0.05) is 32.7 Å². The molecule has 5 nitrogen and oxygen atoms in total. The fourth-order valence-electron chi connectivity index (χ4n) is 2.30. The van der Waals surface area contributed by atoms with Crippen molar-refractivity contribution in [1.29, 1.82) is 0 Å². The molecule has 0 saturated carbocycles. The van der Waals surface area contributed by atoms with Gasteiger partial charge in [-0.2, -0.15) is 5.10 Å². The van der Waals surface area contributed by atoms with Crippen LogP contribution in [0.2, 0.25) is 0 Å². The van der Waals surface area contributed by atoms with Gasteiger partial charge in [0.2, 0.25) is 0 Å². The molecule has 1 aliphatic heterocycles. The van der Waals surface area contributed by atoms with Gasteiger partial charge < -0.3 is 15.1 Å². The molecule has 0 unspecified atom stereocenters. The Kier molecular flexibility index (Phi) is 5.54. The van der Waals surface area contributed by atoms with E-state index >= 15 is 0 Å². The molecule has 0 atom stereocenters. The highest BCUT2D eigenvalue weighted by Gasteiger charge is 2.16. The Hall–Kier alpha value is -1.20. The van der Waals surface area contributed by atoms with E-state index in [0.717, 1.165) is 63.7 Å². The molecule has 106 valence electrons. The number of likely N-dealkylation sites (N-methyl/N-ethyl adjacent to an activating group) is 1. The van der Waals surface area contributed by atoms with Crippen LogP contribution in [0.25, 0.3) is 0 Å². The number of hydrogen-bond acceptors (Lipinski definition) is 5. The quantitative estimate of drug-likeness (QED) is 0.779. The molecule has 1 saturated heterocycles. The Morgan fingerprint density at radius 2 is 1.89 bits per heavy atom. The zero-order valence-electron chi connectivity index (χ0n) is 12.1. The average Bonchev–Trinajstić information content (AvgIpc) is 2.48. The number of rotatable bonds is 6. The summed E-state index contributed by atoms with van der Waals surface area (Å²) in [5, 5.41) is 12.0. The lowest BCUT2D eigenvalue weighted by Crippen LogP contribution is -2.46. The van der Waals surface area contributed by atoms with Gasteiger partial charge in [-0.25, -0.2) is 0 Å². The summed E-state index contributed by atoms with van der Waals surface area (Å²) in [5.74, 6) is 1.01. The second-order valence-electron chi connectivity index (χ2n) is 4.98. The van der Waals surface area contributed by atoms with E-state index < -0.39 is 0 Å². The summed E-state index contributed by atoms with van der Waals surface area (Å²) in [6, 6.07) is 4.18. The van der Waals surface area contributed by atoms with Gasteiger partial charge in [-0.3, -0.25) is 0 Å². The maximum atomic E-state index is 4.35. The molecule has 1 aromatic rings. The third kappa shape index (κ3) is 4.14. The molecule has 1 aromatic heterocycles. The monoisotopic (exact) mass is 263 g/mol. The maximum Gasteiger partial charge on any atom is 0.151 e. The molecule has 2 rings (SSSR count). The van der Waals surface area contributed by atoms with Crippen LogP contribution in [0.1, 0.15) is 26.0 Å². The van der Waals surface area contributed by atoms with Crippen LogP contribution in [-0.2, 0) is 6.54 Å². The standard InChI is InChI=1S/C14H25N5/c1-3-7-15-12-13-5-6-14(17-16-13)19-10-8-18(4-2)9-11-19/h5-6,15H,3-4,7-12H2,1-2H3. The van der Waals surface area contributed by atoms with Crippen LogP contribution in [0.3, 0.4) is 0 Å². The number of aromatic nitrogens is 2. The number of anilines is 1. The lowest BCUT2D eigenvalue weighted by molar-refractivity contribution is 0.270. The predicted molar refractivity (Wildman–Crippen MR) is 78.4 cm³/mol. The van der Waals surface area contributed by atoms with E-state index in [1.807, 2.05) is 0 Å². The Balaban J connectivity index is 1.84. The van der Waals surface area contributed by atoms with Crippen LogP contribution >= 0.6 is 0 Å². The highest BCUT2D eigenvalue weighted by molar-refractivity contribution is 5.37. The van der Waals surface area contributed by atoms with E-state index in [2.05, 4.69) is 51.3 Å². The van der Waals surface area contributed by atoms with E-state index in [1.165, 1.54) is 0 Å². The smallest absolute Gasteiger partial charge is 0.151 e. The molecule has 1 aliphatic rings. The van der Waals surface area contributed by atoms with Gasteiger partial charge in [0.05, 0.1) is 5.69 Å². The molecular weight excluding hydrogens is 238 g/mol. The summed E-state index contributed by atoms with van der Waals surface area (Å²) >= 11 is 0. The predicted octanol–water partition coefficient (Wildman–Crippen LogP) is 1.12. The van der Waals surface area contributed by atoms with Crippen LogP contribution in [-0.4, -0.2) is 54.4 Å². The van der Waals surface area contributed by atoms with E-state index in [0.29, 0.717) is 0 Å². The first kappa shape index (κ1) is 14.2. The molecule has 1 N–H and O–H groups in total. The van der Waals surface area contributed by atoms with E-state index in [1.54, 1.807) is 0 Å². The normalized spacial score (nSPS) is 16.8. The minimum atomic E-state index is 0.810.